The zero-order valence-corrected chi connectivity index (χ0v) is 16.9. The van der Waals surface area contributed by atoms with E-state index < -0.39 is 10.9 Å². The van der Waals surface area contributed by atoms with Crippen molar-refractivity contribution < 1.29 is 19.0 Å². The molecule has 0 unspecified atom stereocenters. The second-order valence-corrected chi connectivity index (χ2v) is 7.09. The first-order valence-electron chi connectivity index (χ1n) is 9.44. The van der Waals surface area contributed by atoms with E-state index >= 15 is 0 Å². The maximum atomic E-state index is 11.7. The molecule has 3 rings (SSSR count). The lowest BCUT2D eigenvalue weighted by Crippen LogP contribution is -2.06. The molecule has 0 bridgehead atoms. The number of hydrogen-bond donors (Lipinski definition) is 1. The largest absolute Gasteiger partial charge is 0.465 e. The van der Waals surface area contributed by atoms with Gasteiger partial charge in [-0.15, -0.1) is 0 Å². The molecule has 1 aromatic heterocycles. The number of anilines is 1. The number of nitrogens with zero attached hydrogens (tertiary/aromatic N) is 3. The van der Waals surface area contributed by atoms with Gasteiger partial charge < -0.3 is 14.6 Å². The van der Waals surface area contributed by atoms with Crippen LogP contribution in [0.3, 0.4) is 0 Å². The van der Waals surface area contributed by atoms with Crippen molar-refractivity contribution in [3.63, 3.8) is 0 Å². The van der Waals surface area contributed by atoms with Crippen molar-refractivity contribution in [2.24, 2.45) is 5.92 Å². The van der Waals surface area contributed by atoms with Crippen molar-refractivity contribution in [1.29, 1.82) is 0 Å². The van der Waals surface area contributed by atoms with Gasteiger partial charge in [-0.3, -0.25) is 10.1 Å². The van der Waals surface area contributed by atoms with Crippen molar-refractivity contribution in [2.75, 3.05) is 19.0 Å². The Bertz CT molecular complexity index is 1060. The summed E-state index contributed by atoms with van der Waals surface area (Å²) < 4.78 is 10.0. The van der Waals surface area contributed by atoms with Crippen LogP contribution in [0.25, 0.3) is 22.8 Å². The summed E-state index contributed by atoms with van der Waals surface area (Å²) >= 11 is 0. The van der Waals surface area contributed by atoms with Gasteiger partial charge in [0.1, 0.15) is 5.69 Å². The quantitative estimate of drug-likeness (QED) is 0.326. The van der Waals surface area contributed by atoms with Crippen LogP contribution in [0.1, 0.15) is 30.6 Å². The molecular weight excluding hydrogens is 388 g/mol. The molecule has 3 aromatic rings. The van der Waals surface area contributed by atoms with E-state index in [0.29, 0.717) is 34.8 Å². The topological polar surface area (TPSA) is 120 Å². The van der Waals surface area contributed by atoms with Gasteiger partial charge in [-0.25, -0.2) is 4.79 Å². The highest BCUT2D eigenvalue weighted by atomic mass is 16.6. The van der Waals surface area contributed by atoms with Crippen molar-refractivity contribution in [3.8, 4) is 22.8 Å². The van der Waals surface area contributed by atoms with E-state index in [4.69, 9.17) is 9.26 Å². The summed E-state index contributed by atoms with van der Waals surface area (Å²) in [4.78, 5) is 27.1. The lowest BCUT2D eigenvalue weighted by Gasteiger charge is -2.09. The van der Waals surface area contributed by atoms with Crippen molar-refractivity contribution in [1.82, 2.24) is 10.1 Å². The molecule has 1 heterocycles. The highest BCUT2D eigenvalue weighted by Gasteiger charge is 2.19. The minimum Gasteiger partial charge on any atom is -0.465 e. The summed E-state index contributed by atoms with van der Waals surface area (Å²) in [5.74, 6) is 0.418. The minimum atomic E-state index is -0.479. The van der Waals surface area contributed by atoms with Gasteiger partial charge in [-0.2, -0.15) is 4.98 Å². The third-order valence-corrected chi connectivity index (χ3v) is 4.45. The number of esters is 1. The molecule has 9 nitrogen and oxygen atoms in total. The fraction of sp³-hybridized carbons (Fsp3) is 0.286. The maximum Gasteiger partial charge on any atom is 0.337 e. The highest BCUT2D eigenvalue weighted by molar-refractivity contribution is 5.90. The monoisotopic (exact) mass is 410 g/mol. The number of rotatable bonds is 8. The molecule has 0 saturated heterocycles. The molecule has 9 heteroatoms. The Morgan fingerprint density at radius 1 is 1.23 bits per heavy atom. The predicted molar refractivity (Wildman–Crippen MR) is 111 cm³/mol. The summed E-state index contributed by atoms with van der Waals surface area (Å²) in [5.41, 5.74) is 1.73. The van der Waals surface area contributed by atoms with Gasteiger partial charge in [0.2, 0.25) is 5.82 Å². The van der Waals surface area contributed by atoms with E-state index in [0.717, 1.165) is 6.42 Å². The summed E-state index contributed by atoms with van der Waals surface area (Å²) in [6, 6.07) is 11.3. The Balaban J connectivity index is 1.87. The number of nitro benzene ring substituents is 1. The molecule has 0 radical (unpaired) electrons. The summed E-state index contributed by atoms with van der Waals surface area (Å²) in [5, 5.41) is 18.6. The Morgan fingerprint density at radius 2 is 2.03 bits per heavy atom. The number of hydrogen-bond acceptors (Lipinski definition) is 8. The van der Waals surface area contributed by atoms with E-state index in [9.17, 15) is 14.9 Å². The molecule has 2 aromatic carbocycles. The number of methoxy groups -OCH3 is 1. The summed E-state index contributed by atoms with van der Waals surface area (Å²) in [6.45, 7) is 4.82. The molecule has 0 aliphatic carbocycles. The van der Waals surface area contributed by atoms with Gasteiger partial charge in [0, 0.05) is 23.7 Å². The first-order chi connectivity index (χ1) is 14.4. The Kier molecular flexibility index (Phi) is 6.41. The number of aromatic nitrogens is 2. The third kappa shape index (κ3) is 4.80. The standard InChI is InChI=1S/C21H22N4O5/c1-13(2)9-10-22-17-8-7-14(12-18(17)25(27)28)19-23-20(30-24-19)15-5-4-6-16(11-15)21(26)29-3/h4-8,11-13,22H,9-10H2,1-3H3. The van der Waals surface area contributed by atoms with Gasteiger partial charge in [0.15, 0.2) is 0 Å². The van der Waals surface area contributed by atoms with Crippen LogP contribution in [0, 0.1) is 16.0 Å². The zero-order valence-electron chi connectivity index (χ0n) is 16.9. The van der Waals surface area contributed by atoms with Crippen LogP contribution in [0.15, 0.2) is 47.0 Å². The molecule has 0 saturated carbocycles. The summed E-state index contributed by atoms with van der Waals surface area (Å²) in [6.07, 6.45) is 0.901. The van der Waals surface area contributed by atoms with Gasteiger partial charge in [-0.1, -0.05) is 25.1 Å². The van der Waals surface area contributed by atoms with Crippen LogP contribution in [-0.2, 0) is 4.74 Å². The van der Waals surface area contributed by atoms with Crippen molar-refractivity contribution in [3.05, 3.63) is 58.1 Å². The Hall–Kier alpha value is -3.75. The zero-order chi connectivity index (χ0) is 21.7. The molecule has 30 heavy (non-hydrogen) atoms. The van der Waals surface area contributed by atoms with E-state index in [2.05, 4.69) is 29.3 Å². The average molecular weight is 410 g/mol. The first-order valence-corrected chi connectivity index (χ1v) is 9.44. The van der Waals surface area contributed by atoms with Crippen LogP contribution in [0.2, 0.25) is 0 Å². The number of ether oxygens (including phenoxy) is 1. The lowest BCUT2D eigenvalue weighted by atomic mass is 10.1. The third-order valence-electron chi connectivity index (χ3n) is 4.45. The number of carbonyl (C=O) groups excluding carboxylic acids is 1. The van der Waals surface area contributed by atoms with Crippen LogP contribution < -0.4 is 5.32 Å². The SMILES string of the molecule is COC(=O)c1cccc(-c2nc(-c3ccc(NCCC(C)C)c([N+](=O)[O-])c3)no2)c1. The molecule has 1 N–H and O–H groups in total. The molecule has 0 atom stereocenters. The van der Waals surface area contributed by atoms with Crippen LogP contribution in [0.5, 0.6) is 0 Å². The first kappa shape index (κ1) is 21.0. The number of carbonyl (C=O) groups is 1. The molecular formula is C21H22N4O5. The molecule has 0 aliphatic heterocycles. The fourth-order valence-electron chi connectivity index (χ4n) is 2.82. The predicted octanol–water partition coefficient (Wildman–Crippen LogP) is 4.56. The van der Waals surface area contributed by atoms with E-state index in [1.807, 2.05) is 0 Å². The molecule has 0 spiro atoms. The lowest BCUT2D eigenvalue weighted by molar-refractivity contribution is -0.383. The van der Waals surface area contributed by atoms with Gasteiger partial charge >= 0.3 is 5.97 Å². The Labute approximate surface area is 173 Å². The van der Waals surface area contributed by atoms with E-state index in [1.165, 1.54) is 13.2 Å². The normalized spacial score (nSPS) is 10.8. The molecule has 156 valence electrons. The highest BCUT2D eigenvalue weighted by Crippen LogP contribution is 2.31. The minimum absolute atomic E-state index is 0.0599. The van der Waals surface area contributed by atoms with Gasteiger partial charge in [-0.05, 0) is 42.7 Å². The molecule has 0 fully saturated rings. The number of nitrogens with one attached hydrogen (secondary N) is 1. The molecule has 0 amide bonds. The van der Waals surface area contributed by atoms with Crippen LogP contribution >= 0.6 is 0 Å². The number of benzene rings is 2. The van der Waals surface area contributed by atoms with Crippen LogP contribution in [0.4, 0.5) is 11.4 Å². The maximum absolute atomic E-state index is 11.7. The van der Waals surface area contributed by atoms with Gasteiger partial charge in [0.25, 0.3) is 11.6 Å². The smallest absolute Gasteiger partial charge is 0.337 e. The second kappa shape index (κ2) is 9.17. The van der Waals surface area contributed by atoms with Gasteiger partial charge in [0.05, 0.1) is 17.6 Å². The average Bonchev–Trinajstić information content (AvgIpc) is 3.23. The number of nitro groups is 1. The van der Waals surface area contributed by atoms with E-state index in [-0.39, 0.29) is 17.4 Å². The van der Waals surface area contributed by atoms with Crippen LogP contribution in [-0.4, -0.2) is 34.7 Å². The second-order valence-electron chi connectivity index (χ2n) is 7.09. The van der Waals surface area contributed by atoms with Crippen molar-refractivity contribution in [2.45, 2.75) is 20.3 Å². The summed E-state index contributed by atoms with van der Waals surface area (Å²) in [7, 11) is 1.30. The van der Waals surface area contributed by atoms with Crippen molar-refractivity contribution >= 4 is 17.3 Å². The fourth-order valence-corrected chi connectivity index (χ4v) is 2.82. The molecule has 0 aliphatic rings. The Morgan fingerprint density at radius 3 is 2.73 bits per heavy atom. The van der Waals surface area contributed by atoms with E-state index in [1.54, 1.807) is 36.4 Å².